The molecule has 4 heteroatoms. The van der Waals surface area contributed by atoms with Crippen LogP contribution in [0, 0.1) is 5.92 Å². The normalized spacial score (nSPS) is 19.7. The average Bonchev–Trinajstić information content (AvgIpc) is 2.63. The third kappa shape index (κ3) is 3.48. The Morgan fingerprint density at radius 1 is 1.39 bits per heavy atom. The van der Waals surface area contributed by atoms with Crippen molar-refractivity contribution in [2.75, 3.05) is 0 Å². The molecule has 1 aromatic heterocycles. The van der Waals surface area contributed by atoms with E-state index in [1.807, 2.05) is 11.6 Å². The number of hydrogen-bond donors (Lipinski definition) is 1. The molecule has 1 aliphatic carbocycles. The van der Waals surface area contributed by atoms with Gasteiger partial charge in [-0.3, -0.25) is 0 Å². The standard InChI is InChI=1S/C14H24ClN3/c1-11(12-7-5-3-4-6-8-12)16-10-14-17-9-13(15)18(14)2/h9,11-12,16H,3-8,10H2,1-2H3/t11-/m1/s1. The van der Waals surface area contributed by atoms with Gasteiger partial charge in [-0.25, -0.2) is 4.98 Å². The first-order valence-corrected chi connectivity index (χ1v) is 7.45. The molecule has 1 heterocycles. The molecule has 0 amide bonds. The minimum atomic E-state index is 0.568. The predicted molar refractivity (Wildman–Crippen MR) is 75.7 cm³/mol. The van der Waals surface area contributed by atoms with Crippen LogP contribution in [0.2, 0.25) is 5.15 Å². The molecule has 0 saturated heterocycles. The summed E-state index contributed by atoms with van der Waals surface area (Å²) in [7, 11) is 1.96. The van der Waals surface area contributed by atoms with Gasteiger partial charge in [0.1, 0.15) is 11.0 Å². The van der Waals surface area contributed by atoms with Gasteiger partial charge in [0.25, 0.3) is 0 Å². The Kier molecular flexibility index (Phi) is 5.07. The van der Waals surface area contributed by atoms with Crippen molar-refractivity contribution in [2.45, 2.75) is 58.0 Å². The van der Waals surface area contributed by atoms with Crippen LogP contribution in [0.1, 0.15) is 51.3 Å². The van der Waals surface area contributed by atoms with Gasteiger partial charge in [0.05, 0.1) is 12.7 Å². The Labute approximate surface area is 115 Å². The van der Waals surface area contributed by atoms with Crippen molar-refractivity contribution < 1.29 is 0 Å². The van der Waals surface area contributed by atoms with Crippen molar-refractivity contribution in [3.8, 4) is 0 Å². The van der Waals surface area contributed by atoms with E-state index in [4.69, 9.17) is 11.6 Å². The van der Waals surface area contributed by atoms with Crippen LogP contribution in [0.25, 0.3) is 0 Å². The van der Waals surface area contributed by atoms with Crippen molar-refractivity contribution in [1.82, 2.24) is 14.9 Å². The van der Waals surface area contributed by atoms with Gasteiger partial charge in [-0.05, 0) is 25.7 Å². The van der Waals surface area contributed by atoms with Crippen LogP contribution in [0.15, 0.2) is 6.20 Å². The summed E-state index contributed by atoms with van der Waals surface area (Å²) in [5.41, 5.74) is 0. The molecule has 3 nitrogen and oxygen atoms in total. The number of rotatable bonds is 4. The quantitative estimate of drug-likeness (QED) is 0.848. The lowest BCUT2D eigenvalue weighted by Crippen LogP contribution is -2.33. The van der Waals surface area contributed by atoms with Gasteiger partial charge in [-0.2, -0.15) is 0 Å². The first kappa shape index (κ1) is 13.9. The maximum Gasteiger partial charge on any atom is 0.128 e. The molecule has 1 fully saturated rings. The number of nitrogens with zero attached hydrogens (tertiary/aromatic N) is 2. The van der Waals surface area contributed by atoms with Crippen LogP contribution in [0.4, 0.5) is 0 Å². The minimum Gasteiger partial charge on any atom is -0.321 e. The Balaban J connectivity index is 1.83. The number of halogens is 1. The summed E-state index contributed by atoms with van der Waals surface area (Å²) in [6.07, 6.45) is 10.1. The van der Waals surface area contributed by atoms with Crippen molar-refractivity contribution in [3.05, 3.63) is 17.2 Å². The number of aromatic nitrogens is 2. The highest BCUT2D eigenvalue weighted by Gasteiger charge is 2.19. The largest absolute Gasteiger partial charge is 0.321 e. The van der Waals surface area contributed by atoms with Gasteiger partial charge in [-0.15, -0.1) is 0 Å². The summed E-state index contributed by atoms with van der Waals surface area (Å²) in [6, 6.07) is 0.568. The van der Waals surface area contributed by atoms with Crippen LogP contribution in [-0.4, -0.2) is 15.6 Å². The second-order valence-corrected chi connectivity index (χ2v) is 5.86. The molecule has 0 aliphatic heterocycles. The molecule has 1 atom stereocenters. The maximum atomic E-state index is 5.99. The molecule has 0 aromatic carbocycles. The van der Waals surface area contributed by atoms with Gasteiger partial charge in [-0.1, -0.05) is 37.3 Å². The topological polar surface area (TPSA) is 29.9 Å². The Hall–Kier alpha value is -0.540. The fraction of sp³-hybridized carbons (Fsp3) is 0.786. The van der Waals surface area contributed by atoms with E-state index in [0.717, 1.165) is 18.3 Å². The van der Waals surface area contributed by atoms with Crippen LogP contribution >= 0.6 is 11.6 Å². The molecule has 1 aromatic rings. The maximum absolute atomic E-state index is 5.99. The lowest BCUT2D eigenvalue weighted by atomic mass is 9.93. The third-order valence-electron chi connectivity index (χ3n) is 4.22. The number of imidazole rings is 1. The Morgan fingerprint density at radius 3 is 2.61 bits per heavy atom. The molecule has 1 saturated carbocycles. The van der Waals surface area contributed by atoms with Crippen molar-refractivity contribution in [2.24, 2.45) is 13.0 Å². The monoisotopic (exact) mass is 269 g/mol. The molecule has 0 radical (unpaired) electrons. The van der Waals surface area contributed by atoms with Crippen LogP contribution < -0.4 is 5.32 Å². The third-order valence-corrected chi connectivity index (χ3v) is 4.57. The van der Waals surface area contributed by atoms with E-state index in [0.29, 0.717) is 11.2 Å². The van der Waals surface area contributed by atoms with E-state index in [1.165, 1.54) is 38.5 Å². The SMILES string of the molecule is C[C@@H](NCc1ncc(Cl)n1C)C1CCCCCC1. The van der Waals surface area contributed by atoms with Gasteiger partial charge in [0.15, 0.2) is 0 Å². The zero-order valence-electron chi connectivity index (χ0n) is 11.5. The molecular weight excluding hydrogens is 246 g/mol. The molecular formula is C14H24ClN3. The smallest absolute Gasteiger partial charge is 0.128 e. The van der Waals surface area contributed by atoms with Crippen molar-refractivity contribution >= 4 is 11.6 Å². The highest BCUT2D eigenvalue weighted by Crippen LogP contribution is 2.25. The van der Waals surface area contributed by atoms with E-state index in [9.17, 15) is 0 Å². The Bertz CT molecular complexity index is 367. The van der Waals surface area contributed by atoms with Crippen molar-refractivity contribution in [3.63, 3.8) is 0 Å². The average molecular weight is 270 g/mol. The fourth-order valence-corrected chi connectivity index (χ4v) is 2.96. The van der Waals surface area contributed by atoms with E-state index >= 15 is 0 Å². The molecule has 0 bridgehead atoms. The van der Waals surface area contributed by atoms with E-state index in [1.54, 1.807) is 6.20 Å². The lowest BCUT2D eigenvalue weighted by molar-refractivity contribution is 0.333. The number of hydrogen-bond acceptors (Lipinski definition) is 2. The molecule has 1 N–H and O–H groups in total. The Morgan fingerprint density at radius 2 is 2.06 bits per heavy atom. The summed E-state index contributed by atoms with van der Waals surface area (Å²) >= 11 is 5.99. The summed E-state index contributed by atoms with van der Waals surface area (Å²) in [4.78, 5) is 4.32. The molecule has 1 aliphatic rings. The van der Waals surface area contributed by atoms with Crippen LogP contribution in [0.5, 0.6) is 0 Å². The van der Waals surface area contributed by atoms with Gasteiger partial charge in [0, 0.05) is 13.1 Å². The first-order valence-electron chi connectivity index (χ1n) is 7.08. The summed E-state index contributed by atoms with van der Waals surface area (Å²) in [6.45, 7) is 3.11. The van der Waals surface area contributed by atoms with Crippen LogP contribution in [0.3, 0.4) is 0 Å². The second-order valence-electron chi connectivity index (χ2n) is 5.48. The summed E-state index contributed by atoms with van der Waals surface area (Å²) in [5.74, 6) is 1.84. The molecule has 0 spiro atoms. The van der Waals surface area contributed by atoms with E-state index < -0.39 is 0 Å². The van der Waals surface area contributed by atoms with Gasteiger partial charge in [0.2, 0.25) is 0 Å². The lowest BCUT2D eigenvalue weighted by Gasteiger charge is -2.23. The van der Waals surface area contributed by atoms with Gasteiger partial charge < -0.3 is 9.88 Å². The summed E-state index contributed by atoms with van der Waals surface area (Å²) < 4.78 is 1.94. The second kappa shape index (κ2) is 6.58. The number of nitrogens with one attached hydrogen (secondary N) is 1. The highest BCUT2D eigenvalue weighted by atomic mass is 35.5. The minimum absolute atomic E-state index is 0.568. The van der Waals surface area contributed by atoms with E-state index in [-0.39, 0.29) is 0 Å². The molecule has 102 valence electrons. The fourth-order valence-electron chi connectivity index (χ4n) is 2.82. The first-order chi connectivity index (χ1) is 8.68. The van der Waals surface area contributed by atoms with Crippen LogP contribution in [-0.2, 0) is 13.6 Å². The zero-order valence-corrected chi connectivity index (χ0v) is 12.2. The summed E-state index contributed by atoms with van der Waals surface area (Å²) in [5, 5.41) is 4.31. The van der Waals surface area contributed by atoms with Crippen molar-refractivity contribution in [1.29, 1.82) is 0 Å². The zero-order chi connectivity index (χ0) is 13.0. The van der Waals surface area contributed by atoms with E-state index in [2.05, 4.69) is 17.2 Å². The molecule has 2 rings (SSSR count). The highest BCUT2D eigenvalue weighted by molar-refractivity contribution is 6.29. The molecule has 18 heavy (non-hydrogen) atoms. The van der Waals surface area contributed by atoms with Gasteiger partial charge >= 0.3 is 0 Å². The predicted octanol–water partition coefficient (Wildman–Crippen LogP) is 3.52. The molecule has 0 unspecified atom stereocenters.